The highest BCUT2D eigenvalue weighted by Crippen LogP contribution is 2.20. The molecule has 6 heteroatoms. The van der Waals surface area contributed by atoms with Gasteiger partial charge in [-0.25, -0.2) is 4.98 Å². The van der Waals surface area contributed by atoms with E-state index in [0.717, 1.165) is 0 Å². The molecule has 0 aliphatic carbocycles. The maximum absolute atomic E-state index is 11.5. The van der Waals surface area contributed by atoms with Gasteiger partial charge in [-0.3, -0.25) is 4.79 Å². The molecule has 106 valence electrons. The summed E-state index contributed by atoms with van der Waals surface area (Å²) in [5.74, 6) is 1.31. The van der Waals surface area contributed by atoms with Crippen LogP contribution in [0.2, 0.25) is 0 Å². The number of aliphatic hydroxyl groups is 1. The van der Waals surface area contributed by atoms with Gasteiger partial charge in [-0.15, -0.1) is 0 Å². The largest absolute Gasteiger partial charge is 0.388 e. The normalized spacial score (nSPS) is 18.5. The fourth-order valence-electron chi connectivity index (χ4n) is 2.02. The monoisotopic (exact) mass is 267 g/mol. The minimum Gasteiger partial charge on any atom is -0.388 e. The van der Waals surface area contributed by atoms with Crippen molar-refractivity contribution in [3.63, 3.8) is 0 Å². The topological polar surface area (TPSA) is 87.2 Å². The summed E-state index contributed by atoms with van der Waals surface area (Å²) in [5, 5.41) is 13.4. The number of ether oxygens (including phenoxy) is 1. The first-order valence-electron chi connectivity index (χ1n) is 6.64. The molecular formula is C13H21N3O3. The van der Waals surface area contributed by atoms with Gasteiger partial charge in [-0.2, -0.15) is 0 Å². The first-order chi connectivity index (χ1) is 8.98. The number of nitrogens with one attached hydrogen (secondary N) is 2. The van der Waals surface area contributed by atoms with E-state index in [9.17, 15) is 9.90 Å². The number of anilines is 1. The molecule has 1 aromatic rings. The third-order valence-electron chi connectivity index (χ3n) is 3.33. The van der Waals surface area contributed by atoms with Crippen LogP contribution < -0.4 is 10.9 Å². The highest BCUT2D eigenvalue weighted by atomic mass is 16.5. The maximum atomic E-state index is 11.5. The van der Waals surface area contributed by atoms with Crippen LogP contribution in [-0.2, 0) is 4.74 Å². The molecule has 0 amide bonds. The first-order valence-corrected chi connectivity index (χ1v) is 6.64. The van der Waals surface area contributed by atoms with Crippen LogP contribution in [0.4, 0.5) is 5.82 Å². The quantitative estimate of drug-likeness (QED) is 0.752. The van der Waals surface area contributed by atoms with E-state index in [0.29, 0.717) is 44.2 Å². The average molecular weight is 267 g/mol. The maximum Gasteiger partial charge on any atom is 0.252 e. The SMILES string of the molecule is CC(C)c1nc(NCC2(O)CCOCC2)cc(=O)[nH]1. The zero-order valence-corrected chi connectivity index (χ0v) is 11.4. The highest BCUT2D eigenvalue weighted by Gasteiger charge is 2.29. The fraction of sp³-hybridized carbons (Fsp3) is 0.692. The predicted molar refractivity (Wildman–Crippen MR) is 72.4 cm³/mol. The van der Waals surface area contributed by atoms with E-state index in [1.54, 1.807) is 0 Å². The summed E-state index contributed by atoms with van der Waals surface area (Å²) in [4.78, 5) is 18.6. The molecule has 1 aliphatic rings. The van der Waals surface area contributed by atoms with Gasteiger partial charge in [0.2, 0.25) is 0 Å². The Labute approximate surface area is 112 Å². The molecule has 0 unspecified atom stereocenters. The van der Waals surface area contributed by atoms with E-state index >= 15 is 0 Å². The summed E-state index contributed by atoms with van der Waals surface area (Å²) in [7, 11) is 0. The number of aromatic amines is 1. The van der Waals surface area contributed by atoms with Crippen LogP contribution in [0.5, 0.6) is 0 Å². The van der Waals surface area contributed by atoms with Crippen molar-refractivity contribution >= 4 is 5.82 Å². The second kappa shape index (κ2) is 5.71. The summed E-state index contributed by atoms with van der Waals surface area (Å²) in [6.45, 7) is 5.45. The van der Waals surface area contributed by atoms with E-state index in [2.05, 4.69) is 15.3 Å². The molecule has 2 heterocycles. The number of H-pyrrole nitrogens is 1. The van der Waals surface area contributed by atoms with Crippen molar-refractivity contribution in [2.45, 2.75) is 38.2 Å². The molecule has 1 fully saturated rings. The Bertz CT molecular complexity index is 478. The Morgan fingerprint density at radius 2 is 2.21 bits per heavy atom. The van der Waals surface area contributed by atoms with Gasteiger partial charge in [-0.05, 0) is 0 Å². The molecule has 0 radical (unpaired) electrons. The summed E-state index contributed by atoms with van der Waals surface area (Å²) in [6.07, 6.45) is 1.19. The molecule has 0 saturated carbocycles. The highest BCUT2D eigenvalue weighted by molar-refractivity contribution is 5.34. The van der Waals surface area contributed by atoms with Crippen LogP contribution >= 0.6 is 0 Å². The molecule has 0 spiro atoms. The number of nitrogens with zero attached hydrogens (tertiary/aromatic N) is 1. The Morgan fingerprint density at radius 1 is 1.53 bits per heavy atom. The van der Waals surface area contributed by atoms with Crippen molar-refractivity contribution in [1.82, 2.24) is 9.97 Å². The lowest BCUT2D eigenvalue weighted by Crippen LogP contribution is -2.42. The van der Waals surface area contributed by atoms with Gasteiger partial charge in [0.15, 0.2) is 0 Å². The Balaban J connectivity index is 2.04. The number of rotatable bonds is 4. The van der Waals surface area contributed by atoms with E-state index in [1.807, 2.05) is 13.8 Å². The molecule has 0 atom stereocenters. The van der Waals surface area contributed by atoms with Crippen LogP contribution in [0.1, 0.15) is 38.4 Å². The molecule has 19 heavy (non-hydrogen) atoms. The molecule has 3 N–H and O–H groups in total. The third kappa shape index (κ3) is 3.78. The van der Waals surface area contributed by atoms with Crippen molar-refractivity contribution in [3.8, 4) is 0 Å². The van der Waals surface area contributed by atoms with Crippen molar-refractivity contribution in [2.24, 2.45) is 0 Å². The minimum absolute atomic E-state index is 0.153. The van der Waals surface area contributed by atoms with Gasteiger partial charge < -0.3 is 20.1 Å². The van der Waals surface area contributed by atoms with Crippen molar-refractivity contribution in [3.05, 3.63) is 22.2 Å². The Morgan fingerprint density at radius 3 is 2.84 bits per heavy atom. The lowest BCUT2D eigenvalue weighted by molar-refractivity contribution is -0.0543. The molecule has 6 nitrogen and oxygen atoms in total. The van der Waals surface area contributed by atoms with E-state index in [4.69, 9.17) is 4.74 Å². The smallest absolute Gasteiger partial charge is 0.252 e. The van der Waals surface area contributed by atoms with Gasteiger partial charge in [-0.1, -0.05) is 13.8 Å². The van der Waals surface area contributed by atoms with Crippen molar-refractivity contribution < 1.29 is 9.84 Å². The number of aromatic nitrogens is 2. The number of hydrogen-bond acceptors (Lipinski definition) is 5. The van der Waals surface area contributed by atoms with Crippen LogP contribution in [0.25, 0.3) is 0 Å². The Kier molecular flexibility index (Phi) is 4.21. The van der Waals surface area contributed by atoms with Gasteiger partial charge in [0, 0.05) is 44.6 Å². The summed E-state index contributed by atoms with van der Waals surface area (Å²) < 4.78 is 5.23. The molecule has 0 aromatic carbocycles. The van der Waals surface area contributed by atoms with Crippen LogP contribution in [0.3, 0.4) is 0 Å². The summed E-state index contributed by atoms with van der Waals surface area (Å²) in [5.41, 5.74) is -0.958. The van der Waals surface area contributed by atoms with E-state index < -0.39 is 5.60 Å². The minimum atomic E-state index is -0.777. The zero-order chi connectivity index (χ0) is 13.9. The average Bonchev–Trinajstić information content (AvgIpc) is 2.37. The van der Waals surface area contributed by atoms with Gasteiger partial charge in [0.1, 0.15) is 11.6 Å². The molecule has 1 aliphatic heterocycles. The summed E-state index contributed by atoms with van der Waals surface area (Å²) >= 11 is 0. The second-order valence-corrected chi connectivity index (χ2v) is 5.36. The Hall–Kier alpha value is -1.40. The molecule has 0 bridgehead atoms. The molecule has 1 saturated heterocycles. The molecule has 1 aromatic heterocycles. The second-order valence-electron chi connectivity index (χ2n) is 5.36. The van der Waals surface area contributed by atoms with Gasteiger partial charge >= 0.3 is 0 Å². The third-order valence-corrected chi connectivity index (χ3v) is 3.33. The van der Waals surface area contributed by atoms with Crippen molar-refractivity contribution in [2.75, 3.05) is 25.1 Å². The van der Waals surface area contributed by atoms with E-state index in [-0.39, 0.29) is 11.5 Å². The first kappa shape index (κ1) is 14.0. The zero-order valence-electron chi connectivity index (χ0n) is 11.4. The van der Waals surface area contributed by atoms with Crippen molar-refractivity contribution in [1.29, 1.82) is 0 Å². The fourth-order valence-corrected chi connectivity index (χ4v) is 2.02. The van der Waals surface area contributed by atoms with E-state index in [1.165, 1.54) is 6.07 Å². The lowest BCUT2D eigenvalue weighted by atomic mass is 9.94. The predicted octanol–water partition coefficient (Wildman–Crippen LogP) is 0.847. The van der Waals surface area contributed by atoms with Gasteiger partial charge in [0.05, 0.1) is 5.60 Å². The summed E-state index contributed by atoms with van der Waals surface area (Å²) in [6, 6.07) is 1.41. The van der Waals surface area contributed by atoms with Gasteiger partial charge in [0.25, 0.3) is 5.56 Å². The van der Waals surface area contributed by atoms with Crippen LogP contribution in [-0.4, -0.2) is 40.4 Å². The molecule has 2 rings (SSSR count). The van der Waals surface area contributed by atoms with Crippen LogP contribution in [0.15, 0.2) is 10.9 Å². The molecular weight excluding hydrogens is 246 g/mol. The number of hydrogen-bond donors (Lipinski definition) is 3. The standard InChI is InChI=1S/C13H21N3O3/c1-9(2)12-15-10(7-11(17)16-12)14-8-13(18)3-5-19-6-4-13/h7,9,18H,3-6,8H2,1-2H3,(H2,14,15,16,17). The van der Waals surface area contributed by atoms with Crippen LogP contribution in [0, 0.1) is 0 Å². The lowest BCUT2D eigenvalue weighted by Gasteiger charge is -2.32.